The lowest BCUT2D eigenvalue weighted by Gasteiger charge is -2.28. The fraction of sp³-hybridized carbons (Fsp3) is 0.444. The van der Waals surface area contributed by atoms with E-state index in [1.807, 2.05) is 32.9 Å². The summed E-state index contributed by atoms with van der Waals surface area (Å²) in [6.45, 7) is 5.94. The summed E-state index contributed by atoms with van der Waals surface area (Å²) in [5.41, 5.74) is 1.54. The van der Waals surface area contributed by atoms with Crippen LogP contribution in [0, 0.1) is 0 Å². The molecule has 1 aliphatic heterocycles. The number of imidazole rings is 1. The van der Waals surface area contributed by atoms with Crippen molar-refractivity contribution in [3.8, 4) is 0 Å². The molecule has 0 saturated carbocycles. The number of ether oxygens (including phenoxy) is 1. The molecule has 138 valence electrons. The quantitative estimate of drug-likeness (QED) is 0.724. The van der Waals surface area contributed by atoms with E-state index in [0.29, 0.717) is 18.4 Å². The molecule has 0 radical (unpaired) electrons. The molecule has 0 spiro atoms. The summed E-state index contributed by atoms with van der Waals surface area (Å²) >= 11 is 0. The molecule has 3 rings (SSSR count). The highest BCUT2D eigenvalue weighted by Gasteiger charge is 2.40. The first-order chi connectivity index (χ1) is 12.3. The number of carbonyl (C=O) groups is 1. The van der Waals surface area contributed by atoms with Gasteiger partial charge in [-0.1, -0.05) is 24.3 Å². The summed E-state index contributed by atoms with van der Waals surface area (Å²) in [6.07, 6.45) is 3.55. The van der Waals surface area contributed by atoms with Crippen molar-refractivity contribution in [2.45, 2.75) is 44.8 Å². The minimum atomic E-state index is -1.55. The Labute approximate surface area is 153 Å². The molecule has 2 aromatic rings. The summed E-state index contributed by atoms with van der Waals surface area (Å²) in [5, 5.41) is 19.4. The highest BCUT2D eigenvalue weighted by molar-refractivity contribution is 6.59. The maximum Gasteiger partial charge on any atom is 0.488 e. The molecule has 1 amide bonds. The highest BCUT2D eigenvalue weighted by Crippen LogP contribution is 2.40. The van der Waals surface area contributed by atoms with Crippen LogP contribution in [0.4, 0.5) is 4.79 Å². The number of carbonyl (C=O) groups excluding carboxylic acids is 1. The topological polar surface area (TPSA) is 98.7 Å². The van der Waals surface area contributed by atoms with Crippen LogP contribution >= 0.6 is 0 Å². The molecular weight excluding hydrogens is 333 g/mol. The first-order valence-corrected chi connectivity index (χ1v) is 8.69. The molecular formula is C18H24BN3O4. The monoisotopic (exact) mass is 357 g/mol. The summed E-state index contributed by atoms with van der Waals surface area (Å²) in [6, 6.07) is 7.00. The van der Waals surface area contributed by atoms with Gasteiger partial charge in [0.15, 0.2) is 0 Å². The van der Waals surface area contributed by atoms with Crippen LogP contribution in [0.1, 0.15) is 50.4 Å². The van der Waals surface area contributed by atoms with E-state index in [9.17, 15) is 14.8 Å². The molecule has 3 N–H and O–H groups in total. The zero-order valence-electron chi connectivity index (χ0n) is 15.2. The van der Waals surface area contributed by atoms with E-state index in [0.717, 1.165) is 11.3 Å². The van der Waals surface area contributed by atoms with Crippen molar-refractivity contribution in [3.05, 3.63) is 48.0 Å². The number of hydrogen-bond acceptors (Lipinski definition) is 5. The number of aromatic amines is 1. The van der Waals surface area contributed by atoms with Crippen LogP contribution in [-0.4, -0.2) is 50.3 Å². The Morgan fingerprint density at radius 1 is 1.35 bits per heavy atom. The predicted octanol–water partition coefficient (Wildman–Crippen LogP) is 1.56. The summed E-state index contributed by atoms with van der Waals surface area (Å²) in [5.74, 6) is -0.0335. The van der Waals surface area contributed by atoms with Crippen LogP contribution in [0.5, 0.6) is 0 Å². The zero-order chi connectivity index (χ0) is 18.9. The molecule has 1 saturated heterocycles. The average Bonchev–Trinajstić information content (AvgIpc) is 3.22. The lowest BCUT2D eigenvalue weighted by molar-refractivity contribution is 0.0220. The van der Waals surface area contributed by atoms with Gasteiger partial charge in [-0.3, -0.25) is 4.90 Å². The standard InChI is InChI=1S/C18H24BN3O4/c1-18(2,3)26-17(23)22-10-12(8-16(22)15-9-20-11-21-15)13-6-4-5-7-14(13)19(24)25/h4-7,9,11-12,16,24-25H,8,10H2,1-3H3,(H,20,21)/t12-,16-/m1/s1. The number of rotatable bonds is 3. The number of hydrogen-bond donors (Lipinski definition) is 3. The molecule has 7 nitrogen and oxygen atoms in total. The van der Waals surface area contributed by atoms with Crippen molar-refractivity contribution in [3.63, 3.8) is 0 Å². The van der Waals surface area contributed by atoms with Gasteiger partial charge in [0.05, 0.1) is 24.3 Å². The Bertz CT molecular complexity index is 758. The maximum absolute atomic E-state index is 12.7. The van der Waals surface area contributed by atoms with Gasteiger partial charge in [0.1, 0.15) is 5.60 Å². The van der Waals surface area contributed by atoms with Gasteiger partial charge < -0.3 is 19.8 Å². The SMILES string of the molecule is CC(C)(C)OC(=O)N1C[C@H](c2ccccc2B(O)O)C[C@@H]1c1cnc[nH]1. The fourth-order valence-corrected chi connectivity index (χ4v) is 3.45. The lowest BCUT2D eigenvalue weighted by atomic mass is 9.73. The second kappa shape index (κ2) is 7.13. The van der Waals surface area contributed by atoms with E-state index in [1.165, 1.54) is 0 Å². The molecule has 1 aromatic heterocycles. The minimum Gasteiger partial charge on any atom is -0.444 e. The van der Waals surface area contributed by atoms with E-state index in [-0.39, 0.29) is 18.1 Å². The van der Waals surface area contributed by atoms with Crippen molar-refractivity contribution >= 4 is 18.7 Å². The molecule has 2 atom stereocenters. The largest absolute Gasteiger partial charge is 0.488 e. The number of aromatic nitrogens is 2. The van der Waals surface area contributed by atoms with Crippen molar-refractivity contribution in [1.82, 2.24) is 14.9 Å². The van der Waals surface area contributed by atoms with Crippen LogP contribution in [0.3, 0.4) is 0 Å². The van der Waals surface area contributed by atoms with E-state index < -0.39 is 12.7 Å². The van der Waals surface area contributed by atoms with Crippen LogP contribution in [0.25, 0.3) is 0 Å². The molecule has 8 heteroatoms. The zero-order valence-corrected chi connectivity index (χ0v) is 15.2. The van der Waals surface area contributed by atoms with Crippen LogP contribution in [-0.2, 0) is 4.74 Å². The van der Waals surface area contributed by atoms with Crippen LogP contribution < -0.4 is 5.46 Å². The molecule has 1 fully saturated rings. The van der Waals surface area contributed by atoms with Gasteiger partial charge in [-0.2, -0.15) is 0 Å². The Morgan fingerprint density at radius 3 is 2.69 bits per heavy atom. The van der Waals surface area contributed by atoms with Gasteiger partial charge in [-0.05, 0) is 38.2 Å². The highest BCUT2D eigenvalue weighted by atomic mass is 16.6. The van der Waals surface area contributed by atoms with E-state index in [4.69, 9.17) is 4.74 Å². The van der Waals surface area contributed by atoms with E-state index in [1.54, 1.807) is 29.6 Å². The van der Waals surface area contributed by atoms with Gasteiger partial charge >= 0.3 is 13.2 Å². The summed E-state index contributed by atoms with van der Waals surface area (Å²) < 4.78 is 5.57. The van der Waals surface area contributed by atoms with Crippen molar-refractivity contribution in [1.29, 1.82) is 0 Å². The number of benzene rings is 1. The van der Waals surface area contributed by atoms with Crippen LogP contribution in [0.2, 0.25) is 0 Å². The number of likely N-dealkylation sites (tertiary alicyclic amines) is 1. The molecule has 0 unspecified atom stereocenters. The first kappa shape index (κ1) is 18.5. The molecule has 1 aliphatic rings. The Morgan fingerprint density at radius 2 is 2.08 bits per heavy atom. The molecule has 1 aromatic carbocycles. The number of H-pyrrole nitrogens is 1. The smallest absolute Gasteiger partial charge is 0.444 e. The lowest BCUT2D eigenvalue weighted by Crippen LogP contribution is -2.37. The molecule has 0 aliphatic carbocycles. The summed E-state index contributed by atoms with van der Waals surface area (Å²) in [7, 11) is -1.55. The van der Waals surface area contributed by atoms with Gasteiger partial charge in [-0.25, -0.2) is 9.78 Å². The van der Waals surface area contributed by atoms with E-state index >= 15 is 0 Å². The number of nitrogens with one attached hydrogen (secondary N) is 1. The van der Waals surface area contributed by atoms with Gasteiger partial charge in [-0.15, -0.1) is 0 Å². The predicted molar refractivity (Wildman–Crippen MR) is 97.9 cm³/mol. The first-order valence-electron chi connectivity index (χ1n) is 8.69. The Kier molecular flexibility index (Phi) is 5.07. The van der Waals surface area contributed by atoms with Crippen molar-refractivity contribution in [2.75, 3.05) is 6.54 Å². The third-order valence-corrected chi connectivity index (χ3v) is 4.52. The third kappa shape index (κ3) is 3.91. The third-order valence-electron chi connectivity index (χ3n) is 4.52. The summed E-state index contributed by atoms with van der Waals surface area (Å²) in [4.78, 5) is 21.6. The normalized spacial score (nSPS) is 20.3. The molecule has 2 heterocycles. The number of amides is 1. The fourth-order valence-electron chi connectivity index (χ4n) is 3.45. The molecule has 0 bridgehead atoms. The van der Waals surface area contributed by atoms with Crippen molar-refractivity contribution < 1.29 is 19.6 Å². The van der Waals surface area contributed by atoms with Gasteiger partial charge in [0.25, 0.3) is 0 Å². The Balaban J connectivity index is 1.91. The Hall–Kier alpha value is -2.32. The average molecular weight is 357 g/mol. The van der Waals surface area contributed by atoms with E-state index in [2.05, 4.69) is 9.97 Å². The van der Waals surface area contributed by atoms with Gasteiger partial charge in [0.2, 0.25) is 0 Å². The second-order valence-electron chi connectivity index (χ2n) is 7.59. The minimum absolute atomic E-state index is 0.0335. The second-order valence-corrected chi connectivity index (χ2v) is 7.59. The number of nitrogens with zero attached hydrogens (tertiary/aromatic N) is 2. The van der Waals surface area contributed by atoms with Crippen molar-refractivity contribution in [2.24, 2.45) is 0 Å². The molecule has 26 heavy (non-hydrogen) atoms. The van der Waals surface area contributed by atoms with Gasteiger partial charge in [0, 0.05) is 12.5 Å². The maximum atomic E-state index is 12.7. The van der Waals surface area contributed by atoms with Crippen LogP contribution in [0.15, 0.2) is 36.8 Å².